The lowest BCUT2D eigenvalue weighted by molar-refractivity contribution is 0.372. The molecule has 0 aliphatic heterocycles. The summed E-state index contributed by atoms with van der Waals surface area (Å²) in [7, 11) is 4.16. The Bertz CT molecular complexity index is 581. The minimum Gasteiger partial charge on any atom is -0.368 e. The smallest absolute Gasteiger partial charge is 0.222 e. The first-order chi connectivity index (χ1) is 9.52. The Labute approximate surface area is 120 Å². The zero-order chi connectivity index (χ0) is 14.7. The highest BCUT2D eigenvalue weighted by atomic mass is 15.3. The van der Waals surface area contributed by atoms with Crippen LogP contribution in [0, 0.1) is 0 Å². The second-order valence-corrected chi connectivity index (χ2v) is 5.32. The molecule has 20 heavy (non-hydrogen) atoms. The van der Waals surface area contributed by atoms with Gasteiger partial charge in [0, 0.05) is 24.5 Å². The fraction of sp³-hybridized carbons (Fsp3) is 0.467. The highest BCUT2D eigenvalue weighted by Gasteiger charge is 2.18. The van der Waals surface area contributed by atoms with E-state index in [1.807, 2.05) is 18.2 Å². The van der Waals surface area contributed by atoms with Crippen LogP contribution in [0.5, 0.6) is 0 Å². The summed E-state index contributed by atoms with van der Waals surface area (Å²) in [4.78, 5) is 13.2. The third-order valence-corrected chi connectivity index (χ3v) is 3.37. The van der Waals surface area contributed by atoms with Gasteiger partial charge in [-0.2, -0.15) is 4.98 Å². The van der Waals surface area contributed by atoms with Crippen molar-refractivity contribution in [2.45, 2.75) is 19.9 Å². The lowest BCUT2D eigenvalue weighted by Crippen LogP contribution is -2.40. The molecule has 5 nitrogen and oxygen atoms in total. The maximum atomic E-state index is 5.86. The van der Waals surface area contributed by atoms with E-state index >= 15 is 0 Å². The van der Waals surface area contributed by atoms with Crippen molar-refractivity contribution in [3.63, 3.8) is 0 Å². The van der Waals surface area contributed by atoms with Crippen LogP contribution in [0.3, 0.4) is 0 Å². The summed E-state index contributed by atoms with van der Waals surface area (Å²) in [5.74, 6) is 1.25. The van der Waals surface area contributed by atoms with E-state index in [0.717, 1.165) is 29.8 Å². The highest BCUT2D eigenvalue weighted by molar-refractivity contribution is 5.90. The molecule has 0 bridgehead atoms. The molecule has 0 saturated carbocycles. The van der Waals surface area contributed by atoms with E-state index in [4.69, 9.17) is 5.73 Å². The van der Waals surface area contributed by atoms with Gasteiger partial charge >= 0.3 is 0 Å². The van der Waals surface area contributed by atoms with Gasteiger partial charge in [-0.05, 0) is 40.1 Å². The summed E-state index contributed by atoms with van der Waals surface area (Å²) in [6, 6.07) is 8.36. The van der Waals surface area contributed by atoms with Gasteiger partial charge in [0.05, 0.1) is 5.52 Å². The molecule has 108 valence electrons. The summed E-state index contributed by atoms with van der Waals surface area (Å²) in [5.41, 5.74) is 6.75. The lowest BCUT2D eigenvalue weighted by atomic mass is 10.2. The van der Waals surface area contributed by atoms with E-state index in [-0.39, 0.29) is 0 Å². The van der Waals surface area contributed by atoms with Crippen LogP contribution in [-0.4, -0.2) is 48.1 Å². The van der Waals surface area contributed by atoms with E-state index in [0.29, 0.717) is 12.0 Å². The summed E-state index contributed by atoms with van der Waals surface area (Å²) >= 11 is 0. The van der Waals surface area contributed by atoms with Crippen LogP contribution in [0.4, 0.5) is 11.8 Å². The molecule has 0 aliphatic rings. The van der Waals surface area contributed by atoms with Crippen LogP contribution in [-0.2, 0) is 0 Å². The third kappa shape index (κ3) is 2.99. The molecule has 1 atom stereocenters. The average molecular weight is 273 g/mol. The van der Waals surface area contributed by atoms with Crippen molar-refractivity contribution in [2.75, 3.05) is 37.8 Å². The number of hydrogen-bond donors (Lipinski definition) is 1. The van der Waals surface area contributed by atoms with Gasteiger partial charge in [0.25, 0.3) is 0 Å². The first kappa shape index (κ1) is 14.5. The Balaban J connectivity index is 2.48. The number of aromatic nitrogens is 2. The van der Waals surface area contributed by atoms with Gasteiger partial charge in [-0.15, -0.1) is 0 Å². The lowest BCUT2D eigenvalue weighted by Gasteiger charge is -2.31. The molecule has 1 aromatic carbocycles. The predicted octanol–water partition coefficient (Wildman–Crippen LogP) is 1.99. The second-order valence-electron chi connectivity index (χ2n) is 5.32. The fourth-order valence-corrected chi connectivity index (χ4v) is 2.59. The molecule has 2 aromatic rings. The zero-order valence-corrected chi connectivity index (χ0v) is 12.7. The minimum atomic E-state index is 0.328. The fourth-order valence-electron chi connectivity index (χ4n) is 2.59. The molecular formula is C15H23N5. The van der Waals surface area contributed by atoms with E-state index in [1.165, 1.54) is 0 Å². The van der Waals surface area contributed by atoms with Crippen LogP contribution in [0.25, 0.3) is 10.9 Å². The predicted molar refractivity (Wildman–Crippen MR) is 85.0 cm³/mol. The Hall–Kier alpha value is -1.88. The molecule has 0 amide bonds. The summed E-state index contributed by atoms with van der Waals surface area (Å²) in [6.45, 7) is 6.19. The zero-order valence-electron chi connectivity index (χ0n) is 12.7. The van der Waals surface area contributed by atoms with Gasteiger partial charge in [0.15, 0.2) is 0 Å². The quantitative estimate of drug-likeness (QED) is 0.903. The number of likely N-dealkylation sites (N-methyl/N-ethyl adjacent to an activating group) is 2. The molecule has 5 heteroatoms. The number of nitrogen functional groups attached to an aromatic ring is 1. The molecule has 0 aliphatic carbocycles. The molecule has 0 fully saturated rings. The molecule has 1 unspecified atom stereocenters. The molecule has 0 saturated heterocycles. The highest BCUT2D eigenvalue weighted by Crippen LogP contribution is 2.25. The van der Waals surface area contributed by atoms with E-state index in [1.54, 1.807) is 0 Å². The van der Waals surface area contributed by atoms with Gasteiger partial charge < -0.3 is 15.5 Å². The number of nitrogens with zero attached hydrogens (tertiary/aromatic N) is 4. The molecule has 2 rings (SSSR count). The van der Waals surface area contributed by atoms with Gasteiger partial charge in [-0.25, -0.2) is 4.98 Å². The largest absolute Gasteiger partial charge is 0.368 e. The summed E-state index contributed by atoms with van der Waals surface area (Å²) in [5, 5.41) is 1.05. The molecule has 0 radical (unpaired) electrons. The molecular weight excluding hydrogens is 250 g/mol. The van der Waals surface area contributed by atoms with Crippen molar-refractivity contribution in [3.05, 3.63) is 24.3 Å². The topological polar surface area (TPSA) is 58.3 Å². The number of para-hydroxylation sites is 1. The Kier molecular flexibility index (Phi) is 4.39. The van der Waals surface area contributed by atoms with Crippen LogP contribution in [0.2, 0.25) is 0 Å². The Morgan fingerprint density at radius 3 is 2.55 bits per heavy atom. The van der Waals surface area contributed by atoms with Crippen molar-refractivity contribution in [1.82, 2.24) is 14.9 Å². The van der Waals surface area contributed by atoms with Crippen LogP contribution >= 0.6 is 0 Å². The summed E-state index contributed by atoms with van der Waals surface area (Å²) in [6.07, 6.45) is 0. The van der Waals surface area contributed by atoms with Gasteiger partial charge in [0.1, 0.15) is 5.82 Å². The maximum absolute atomic E-state index is 5.86. The van der Waals surface area contributed by atoms with E-state index in [2.05, 4.69) is 53.8 Å². The third-order valence-electron chi connectivity index (χ3n) is 3.37. The Morgan fingerprint density at radius 2 is 1.90 bits per heavy atom. The molecule has 2 N–H and O–H groups in total. The number of hydrogen-bond acceptors (Lipinski definition) is 5. The summed E-state index contributed by atoms with van der Waals surface area (Å²) < 4.78 is 0. The van der Waals surface area contributed by atoms with Gasteiger partial charge in [0.2, 0.25) is 5.95 Å². The van der Waals surface area contributed by atoms with E-state index < -0.39 is 0 Å². The van der Waals surface area contributed by atoms with Crippen LogP contribution < -0.4 is 10.6 Å². The molecule has 0 spiro atoms. The minimum absolute atomic E-state index is 0.328. The standard InChI is InChI=1S/C15H23N5/c1-5-20(11(2)10-19(3)4)14-12-8-6-7-9-13(12)17-15(16)18-14/h6-9,11H,5,10H2,1-4H3,(H2,16,17,18). The number of benzene rings is 1. The molecule has 1 heterocycles. The van der Waals surface area contributed by atoms with Crippen LogP contribution in [0.1, 0.15) is 13.8 Å². The van der Waals surface area contributed by atoms with Crippen molar-refractivity contribution in [2.24, 2.45) is 0 Å². The van der Waals surface area contributed by atoms with Crippen molar-refractivity contribution < 1.29 is 0 Å². The normalized spacial score (nSPS) is 12.8. The van der Waals surface area contributed by atoms with E-state index in [9.17, 15) is 0 Å². The second kappa shape index (κ2) is 6.05. The van der Waals surface area contributed by atoms with Gasteiger partial charge in [-0.1, -0.05) is 12.1 Å². The van der Waals surface area contributed by atoms with Crippen molar-refractivity contribution >= 4 is 22.7 Å². The Morgan fingerprint density at radius 1 is 1.20 bits per heavy atom. The first-order valence-corrected chi connectivity index (χ1v) is 6.96. The number of fused-ring (bicyclic) bond motifs is 1. The van der Waals surface area contributed by atoms with Crippen LogP contribution in [0.15, 0.2) is 24.3 Å². The SMILES string of the molecule is CCN(c1nc(N)nc2ccccc12)C(C)CN(C)C. The average Bonchev–Trinajstić information content (AvgIpc) is 2.38. The number of rotatable bonds is 5. The van der Waals surface area contributed by atoms with Gasteiger partial charge in [-0.3, -0.25) is 0 Å². The monoisotopic (exact) mass is 273 g/mol. The van der Waals surface area contributed by atoms with Crippen molar-refractivity contribution in [1.29, 1.82) is 0 Å². The van der Waals surface area contributed by atoms with Crippen molar-refractivity contribution in [3.8, 4) is 0 Å². The molecule has 1 aromatic heterocycles. The maximum Gasteiger partial charge on any atom is 0.222 e. The number of anilines is 2. The number of nitrogens with two attached hydrogens (primary N) is 1. The first-order valence-electron chi connectivity index (χ1n) is 6.96.